The molecule has 2 atom stereocenters. The third kappa shape index (κ3) is 7.40. The highest BCUT2D eigenvalue weighted by Gasteiger charge is 2.30. The lowest BCUT2D eigenvalue weighted by molar-refractivity contribution is -0.141. The van der Waals surface area contributed by atoms with Gasteiger partial charge in [0.15, 0.2) is 11.5 Å². The van der Waals surface area contributed by atoms with E-state index in [4.69, 9.17) is 9.47 Å². The van der Waals surface area contributed by atoms with Crippen molar-refractivity contribution in [1.82, 2.24) is 10.2 Å². The number of carbonyl (C=O) groups is 2. The molecule has 1 heterocycles. The maximum atomic E-state index is 13.6. The molecule has 9 nitrogen and oxygen atoms in total. The van der Waals surface area contributed by atoms with Gasteiger partial charge in [-0.05, 0) is 56.4 Å². The molecule has 0 unspecified atom stereocenters. The molecule has 1 N–H and O–H groups in total. The second-order valence-electron chi connectivity index (χ2n) is 9.67. The number of carbonyl (C=O) groups excluding carboxylic acids is 2. The fourth-order valence-corrected chi connectivity index (χ4v) is 5.33. The molecule has 1 aliphatic heterocycles. The van der Waals surface area contributed by atoms with Gasteiger partial charge in [0.1, 0.15) is 6.04 Å². The van der Waals surface area contributed by atoms with Crippen molar-refractivity contribution in [3.05, 3.63) is 53.6 Å². The van der Waals surface area contributed by atoms with Crippen molar-refractivity contribution in [3.8, 4) is 11.5 Å². The number of sulfonamides is 1. The highest BCUT2D eigenvalue weighted by Crippen LogP contribution is 2.36. The summed E-state index contributed by atoms with van der Waals surface area (Å²) in [5.41, 5.74) is 2.45. The number of amides is 2. The number of anilines is 1. The average molecular weight is 546 g/mol. The molecule has 0 spiro atoms. The maximum Gasteiger partial charge on any atom is 0.243 e. The molecule has 0 radical (unpaired) electrons. The van der Waals surface area contributed by atoms with Crippen LogP contribution in [-0.4, -0.2) is 56.8 Å². The Morgan fingerprint density at radius 1 is 1.05 bits per heavy atom. The van der Waals surface area contributed by atoms with E-state index in [1.807, 2.05) is 52.0 Å². The predicted molar refractivity (Wildman–Crippen MR) is 148 cm³/mol. The summed E-state index contributed by atoms with van der Waals surface area (Å²) in [4.78, 5) is 28.4. The number of hydrogen-bond acceptors (Lipinski definition) is 6. The maximum absolute atomic E-state index is 13.6. The summed E-state index contributed by atoms with van der Waals surface area (Å²) in [5, 5.41) is 3.01. The Bertz CT molecular complexity index is 1230. The fourth-order valence-electron chi connectivity index (χ4n) is 4.38. The average Bonchev–Trinajstić information content (AvgIpc) is 3.34. The van der Waals surface area contributed by atoms with Gasteiger partial charge in [-0.2, -0.15) is 0 Å². The molecule has 0 aromatic heterocycles. The van der Waals surface area contributed by atoms with Crippen LogP contribution in [0.2, 0.25) is 0 Å². The highest BCUT2D eigenvalue weighted by atomic mass is 32.2. The molecule has 0 bridgehead atoms. The number of hydrogen-bond donors (Lipinski definition) is 1. The van der Waals surface area contributed by atoms with Crippen LogP contribution in [-0.2, 0) is 26.2 Å². The van der Waals surface area contributed by atoms with Gasteiger partial charge in [0.25, 0.3) is 0 Å². The van der Waals surface area contributed by atoms with Crippen molar-refractivity contribution in [2.45, 2.75) is 72.0 Å². The van der Waals surface area contributed by atoms with Crippen molar-refractivity contribution in [1.29, 1.82) is 0 Å². The van der Waals surface area contributed by atoms with E-state index in [-0.39, 0.29) is 44.0 Å². The molecular formula is C28H39N3O6S. The van der Waals surface area contributed by atoms with E-state index in [1.54, 1.807) is 23.1 Å². The summed E-state index contributed by atoms with van der Waals surface area (Å²) in [6.07, 6.45) is 2.77. The summed E-state index contributed by atoms with van der Waals surface area (Å²) >= 11 is 0. The Balaban J connectivity index is 1.77. The van der Waals surface area contributed by atoms with Crippen LogP contribution < -0.4 is 19.1 Å². The number of ether oxygens (including phenoxy) is 2. The van der Waals surface area contributed by atoms with Crippen LogP contribution in [0.15, 0.2) is 42.5 Å². The van der Waals surface area contributed by atoms with Crippen LogP contribution in [0.3, 0.4) is 0 Å². The molecule has 0 fully saturated rings. The zero-order chi connectivity index (χ0) is 27.9. The molecule has 0 saturated carbocycles. The largest absolute Gasteiger partial charge is 0.454 e. The number of aryl methyl sites for hydroxylation is 1. The van der Waals surface area contributed by atoms with E-state index in [1.165, 1.54) is 4.31 Å². The molecule has 3 rings (SSSR count). The minimum absolute atomic E-state index is 0.00279. The molecule has 0 saturated heterocycles. The lowest BCUT2D eigenvalue weighted by atomic mass is 10.0. The Kier molecular flexibility index (Phi) is 10.0. The molecule has 2 aromatic rings. The SMILES string of the molecule is CC[C@@H](C)NC(=O)[C@@H](CC)N(Cc1ccccc1C)C(=O)CCCN(c1ccc2c(c1)OCO2)S(C)(=O)=O. The Hall–Kier alpha value is -3.27. The molecule has 38 heavy (non-hydrogen) atoms. The van der Waals surface area contributed by atoms with Crippen molar-refractivity contribution in [2.75, 3.05) is 23.9 Å². The van der Waals surface area contributed by atoms with Crippen LogP contribution in [0.1, 0.15) is 57.6 Å². The van der Waals surface area contributed by atoms with Gasteiger partial charge < -0.3 is 19.7 Å². The summed E-state index contributed by atoms with van der Waals surface area (Å²) in [5.74, 6) is 0.667. The smallest absolute Gasteiger partial charge is 0.243 e. The summed E-state index contributed by atoms with van der Waals surface area (Å²) in [6.45, 7) is 8.31. The van der Waals surface area contributed by atoms with Gasteiger partial charge in [-0.25, -0.2) is 8.42 Å². The monoisotopic (exact) mass is 545 g/mol. The third-order valence-corrected chi connectivity index (χ3v) is 7.98. The van der Waals surface area contributed by atoms with Crippen molar-refractivity contribution < 1.29 is 27.5 Å². The van der Waals surface area contributed by atoms with Gasteiger partial charge in [-0.3, -0.25) is 13.9 Å². The van der Waals surface area contributed by atoms with E-state index in [0.717, 1.165) is 23.8 Å². The summed E-state index contributed by atoms with van der Waals surface area (Å²) in [7, 11) is -3.61. The first kappa shape index (κ1) is 29.3. The highest BCUT2D eigenvalue weighted by molar-refractivity contribution is 7.92. The van der Waals surface area contributed by atoms with Gasteiger partial charge in [0.2, 0.25) is 28.6 Å². The van der Waals surface area contributed by atoms with Crippen LogP contribution in [0.5, 0.6) is 11.5 Å². The second kappa shape index (κ2) is 13.0. The van der Waals surface area contributed by atoms with Gasteiger partial charge in [0.05, 0.1) is 11.9 Å². The lowest BCUT2D eigenvalue weighted by Crippen LogP contribution is -2.50. The van der Waals surface area contributed by atoms with Gasteiger partial charge in [0, 0.05) is 31.6 Å². The van der Waals surface area contributed by atoms with Crippen molar-refractivity contribution >= 4 is 27.5 Å². The van der Waals surface area contributed by atoms with E-state index >= 15 is 0 Å². The van der Waals surface area contributed by atoms with Gasteiger partial charge >= 0.3 is 0 Å². The first-order valence-electron chi connectivity index (χ1n) is 13.1. The van der Waals surface area contributed by atoms with E-state index in [2.05, 4.69) is 5.32 Å². The third-order valence-electron chi connectivity index (χ3n) is 6.79. The second-order valence-corrected chi connectivity index (χ2v) is 11.6. The number of nitrogens with zero attached hydrogens (tertiary/aromatic N) is 2. The minimum Gasteiger partial charge on any atom is -0.454 e. The van der Waals surface area contributed by atoms with Crippen LogP contribution >= 0.6 is 0 Å². The zero-order valence-corrected chi connectivity index (χ0v) is 23.7. The molecule has 2 amide bonds. The number of benzene rings is 2. The van der Waals surface area contributed by atoms with Crippen molar-refractivity contribution in [2.24, 2.45) is 0 Å². The number of nitrogens with one attached hydrogen (secondary N) is 1. The van der Waals surface area contributed by atoms with Gasteiger partial charge in [-0.15, -0.1) is 0 Å². The predicted octanol–water partition coefficient (Wildman–Crippen LogP) is 3.99. The zero-order valence-electron chi connectivity index (χ0n) is 22.9. The first-order chi connectivity index (χ1) is 18.0. The van der Waals surface area contributed by atoms with Crippen LogP contribution in [0.25, 0.3) is 0 Å². The first-order valence-corrected chi connectivity index (χ1v) is 14.9. The minimum atomic E-state index is -3.61. The molecular weight excluding hydrogens is 506 g/mol. The standard InChI is InChI=1S/C28H39N3O6S/c1-6-21(4)29-28(33)24(7-2)30(18-22-12-9-8-11-20(22)3)27(32)13-10-16-31(38(5,34)35)23-14-15-25-26(17-23)37-19-36-25/h8-9,11-12,14-15,17,21,24H,6-7,10,13,16,18-19H2,1-5H3,(H,29,33)/t21-,24-/m1/s1. The van der Waals surface area contributed by atoms with Crippen LogP contribution in [0.4, 0.5) is 5.69 Å². The van der Waals surface area contributed by atoms with E-state index in [0.29, 0.717) is 30.2 Å². The van der Waals surface area contributed by atoms with Crippen LogP contribution in [0, 0.1) is 6.92 Å². The van der Waals surface area contributed by atoms with Crippen molar-refractivity contribution in [3.63, 3.8) is 0 Å². The molecule has 208 valence electrons. The number of rotatable bonds is 13. The van der Waals surface area contributed by atoms with E-state index < -0.39 is 16.1 Å². The van der Waals surface area contributed by atoms with E-state index in [9.17, 15) is 18.0 Å². The Morgan fingerprint density at radius 3 is 2.42 bits per heavy atom. The van der Waals surface area contributed by atoms with Gasteiger partial charge in [-0.1, -0.05) is 38.1 Å². The quantitative estimate of drug-likeness (QED) is 0.408. The Morgan fingerprint density at radius 2 is 1.76 bits per heavy atom. The number of fused-ring (bicyclic) bond motifs is 1. The summed E-state index contributed by atoms with van der Waals surface area (Å²) < 4.78 is 37.2. The molecule has 1 aliphatic rings. The molecule has 0 aliphatic carbocycles. The lowest BCUT2D eigenvalue weighted by Gasteiger charge is -2.32. The summed E-state index contributed by atoms with van der Waals surface area (Å²) in [6, 6.07) is 12.1. The normalized spacial score (nSPS) is 14.0. The molecule has 10 heteroatoms. The Labute approximate surface area is 226 Å². The fraction of sp³-hybridized carbons (Fsp3) is 0.500. The topological polar surface area (TPSA) is 105 Å². The molecule has 2 aromatic carbocycles.